The lowest BCUT2D eigenvalue weighted by molar-refractivity contribution is 0.334. The van der Waals surface area contributed by atoms with Gasteiger partial charge in [-0.25, -0.2) is 4.98 Å². The van der Waals surface area contributed by atoms with Gasteiger partial charge in [0.2, 0.25) is 0 Å². The third-order valence-electron chi connectivity index (χ3n) is 2.69. The van der Waals surface area contributed by atoms with E-state index in [-0.39, 0.29) is 5.54 Å². The molecule has 4 heteroatoms. The lowest BCUT2D eigenvalue weighted by atomic mass is 10.1. The molecule has 0 spiro atoms. The van der Waals surface area contributed by atoms with E-state index in [9.17, 15) is 0 Å². The summed E-state index contributed by atoms with van der Waals surface area (Å²) in [5.74, 6) is 1.08. The van der Waals surface area contributed by atoms with E-state index in [2.05, 4.69) is 49.6 Å². The Labute approximate surface area is 111 Å². The van der Waals surface area contributed by atoms with E-state index in [1.54, 1.807) is 0 Å². The number of hydrogen-bond acceptors (Lipinski definition) is 3. The number of hydrogen-bond donors (Lipinski definition) is 1. The Morgan fingerprint density at radius 3 is 2.67 bits per heavy atom. The van der Waals surface area contributed by atoms with Crippen molar-refractivity contribution in [1.82, 2.24) is 19.8 Å². The summed E-state index contributed by atoms with van der Waals surface area (Å²) in [7, 11) is 4.11. The van der Waals surface area contributed by atoms with Gasteiger partial charge in [0.15, 0.2) is 0 Å². The SMILES string of the molecule is C=C(CNC(C)(C)C)CN(C)Cc1nccn1C. The summed E-state index contributed by atoms with van der Waals surface area (Å²) in [5, 5.41) is 3.45. The Morgan fingerprint density at radius 1 is 1.50 bits per heavy atom. The fraction of sp³-hybridized carbons (Fsp3) is 0.643. The van der Waals surface area contributed by atoms with Crippen molar-refractivity contribution < 1.29 is 0 Å². The van der Waals surface area contributed by atoms with Crippen molar-refractivity contribution in [3.63, 3.8) is 0 Å². The summed E-state index contributed by atoms with van der Waals surface area (Å²) in [6, 6.07) is 0. The fourth-order valence-corrected chi connectivity index (χ4v) is 1.67. The van der Waals surface area contributed by atoms with Crippen molar-refractivity contribution in [3.8, 4) is 0 Å². The first kappa shape index (κ1) is 14.9. The molecule has 4 nitrogen and oxygen atoms in total. The topological polar surface area (TPSA) is 33.1 Å². The zero-order chi connectivity index (χ0) is 13.8. The zero-order valence-corrected chi connectivity index (χ0v) is 12.3. The Hall–Kier alpha value is -1.13. The number of imidazole rings is 1. The first-order valence-corrected chi connectivity index (χ1v) is 6.34. The second-order valence-electron chi connectivity index (χ2n) is 5.98. The van der Waals surface area contributed by atoms with Crippen LogP contribution in [0.1, 0.15) is 26.6 Å². The summed E-state index contributed by atoms with van der Waals surface area (Å²) in [5.41, 5.74) is 1.34. The van der Waals surface area contributed by atoms with Crippen LogP contribution < -0.4 is 5.32 Å². The Bertz CT molecular complexity index is 387. The van der Waals surface area contributed by atoms with Gasteiger partial charge in [-0.05, 0) is 33.4 Å². The third-order valence-corrected chi connectivity index (χ3v) is 2.69. The number of aromatic nitrogens is 2. The molecule has 0 aliphatic heterocycles. The smallest absolute Gasteiger partial charge is 0.122 e. The van der Waals surface area contributed by atoms with E-state index in [4.69, 9.17) is 0 Å². The normalized spacial score (nSPS) is 12.1. The highest BCUT2D eigenvalue weighted by atomic mass is 15.2. The molecule has 0 atom stereocenters. The minimum absolute atomic E-state index is 0.140. The van der Waals surface area contributed by atoms with Gasteiger partial charge in [-0.2, -0.15) is 0 Å². The molecule has 1 N–H and O–H groups in total. The van der Waals surface area contributed by atoms with Crippen LogP contribution in [0, 0.1) is 0 Å². The molecule has 1 aromatic rings. The molecule has 102 valence electrons. The minimum atomic E-state index is 0.140. The number of nitrogens with one attached hydrogen (secondary N) is 1. The number of nitrogens with zero attached hydrogens (tertiary/aromatic N) is 3. The van der Waals surface area contributed by atoms with Crippen molar-refractivity contribution in [1.29, 1.82) is 0 Å². The standard InChI is InChI=1S/C14H26N4/c1-12(9-16-14(2,3)4)10-17(5)11-13-15-7-8-18(13)6/h7-8,16H,1,9-11H2,2-6H3. The van der Waals surface area contributed by atoms with Gasteiger partial charge < -0.3 is 9.88 Å². The quantitative estimate of drug-likeness (QED) is 0.782. The van der Waals surface area contributed by atoms with E-state index >= 15 is 0 Å². The van der Waals surface area contributed by atoms with Crippen LogP contribution in [0.2, 0.25) is 0 Å². The van der Waals surface area contributed by atoms with Gasteiger partial charge in [0, 0.05) is 38.1 Å². The van der Waals surface area contributed by atoms with Gasteiger partial charge in [0.05, 0.1) is 6.54 Å². The molecule has 0 saturated carbocycles. The van der Waals surface area contributed by atoms with E-state index < -0.39 is 0 Å². The van der Waals surface area contributed by atoms with Crippen LogP contribution in [0.3, 0.4) is 0 Å². The lowest BCUT2D eigenvalue weighted by Gasteiger charge is -2.23. The Balaban J connectivity index is 2.34. The second kappa shape index (κ2) is 6.16. The highest BCUT2D eigenvalue weighted by Crippen LogP contribution is 2.04. The van der Waals surface area contributed by atoms with Gasteiger partial charge >= 0.3 is 0 Å². The average molecular weight is 250 g/mol. The van der Waals surface area contributed by atoms with Crippen LogP contribution in [0.25, 0.3) is 0 Å². The summed E-state index contributed by atoms with van der Waals surface area (Å²) >= 11 is 0. The number of rotatable bonds is 6. The molecule has 1 heterocycles. The number of aryl methyl sites for hydroxylation is 1. The number of likely N-dealkylation sites (N-methyl/N-ethyl adjacent to an activating group) is 1. The van der Waals surface area contributed by atoms with Crippen LogP contribution in [-0.4, -0.2) is 40.1 Å². The summed E-state index contributed by atoms with van der Waals surface area (Å²) in [6.07, 6.45) is 3.80. The largest absolute Gasteiger partial charge is 0.337 e. The average Bonchev–Trinajstić information content (AvgIpc) is 2.60. The molecule has 0 aromatic carbocycles. The Morgan fingerprint density at radius 2 is 2.17 bits per heavy atom. The van der Waals surface area contributed by atoms with Crippen LogP contribution in [-0.2, 0) is 13.6 Å². The predicted molar refractivity (Wildman–Crippen MR) is 76.4 cm³/mol. The predicted octanol–water partition coefficient (Wildman–Crippen LogP) is 1.80. The van der Waals surface area contributed by atoms with E-state index in [0.29, 0.717) is 0 Å². The molecule has 18 heavy (non-hydrogen) atoms. The van der Waals surface area contributed by atoms with Crippen molar-refractivity contribution in [2.75, 3.05) is 20.1 Å². The van der Waals surface area contributed by atoms with E-state index in [1.807, 2.05) is 24.0 Å². The third kappa shape index (κ3) is 5.47. The Kier molecular flexibility index (Phi) is 5.11. The molecule has 0 aliphatic rings. The summed E-state index contributed by atoms with van der Waals surface area (Å²) in [4.78, 5) is 6.56. The van der Waals surface area contributed by atoms with Crippen LogP contribution >= 0.6 is 0 Å². The molecule has 0 unspecified atom stereocenters. The highest BCUT2D eigenvalue weighted by Gasteiger charge is 2.10. The lowest BCUT2D eigenvalue weighted by Crippen LogP contribution is -2.38. The molecule has 0 saturated heterocycles. The maximum absolute atomic E-state index is 4.32. The van der Waals surface area contributed by atoms with Crippen molar-refractivity contribution in [2.45, 2.75) is 32.9 Å². The van der Waals surface area contributed by atoms with E-state index in [1.165, 1.54) is 5.57 Å². The second-order valence-corrected chi connectivity index (χ2v) is 5.98. The van der Waals surface area contributed by atoms with Crippen LogP contribution in [0.4, 0.5) is 0 Å². The minimum Gasteiger partial charge on any atom is -0.337 e. The molecule has 0 fully saturated rings. The zero-order valence-electron chi connectivity index (χ0n) is 12.3. The van der Waals surface area contributed by atoms with Crippen molar-refractivity contribution >= 4 is 0 Å². The van der Waals surface area contributed by atoms with Crippen LogP contribution in [0.5, 0.6) is 0 Å². The van der Waals surface area contributed by atoms with E-state index in [0.717, 1.165) is 25.5 Å². The summed E-state index contributed by atoms with van der Waals surface area (Å²) < 4.78 is 2.05. The van der Waals surface area contributed by atoms with Crippen LogP contribution in [0.15, 0.2) is 24.5 Å². The molecule has 1 aromatic heterocycles. The first-order valence-electron chi connectivity index (χ1n) is 6.34. The van der Waals surface area contributed by atoms with Gasteiger partial charge in [-0.15, -0.1) is 0 Å². The fourth-order valence-electron chi connectivity index (χ4n) is 1.67. The maximum Gasteiger partial charge on any atom is 0.122 e. The van der Waals surface area contributed by atoms with Crippen molar-refractivity contribution in [2.24, 2.45) is 7.05 Å². The molecule has 0 radical (unpaired) electrons. The molecule has 0 amide bonds. The monoisotopic (exact) mass is 250 g/mol. The molecule has 0 aliphatic carbocycles. The first-order chi connectivity index (χ1) is 8.28. The molecular formula is C14H26N4. The van der Waals surface area contributed by atoms with Gasteiger partial charge in [0.25, 0.3) is 0 Å². The molecule has 1 rings (SSSR count). The highest BCUT2D eigenvalue weighted by molar-refractivity contribution is 5.01. The maximum atomic E-state index is 4.32. The molecule has 0 bridgehead atoms. The van der Waals surface area contributed by atoms with Gasteiger partial charge in [0.1, 0.15) is 5.82 Å². The van der Waals surface area contributed by atoms with Crippen molar-refractivity contribution in [3.05, 3.63) is 30.4 Å². The van der Waals surface area contributed by atoms with Gasteiger partial charge in [-0.1, -0.05) is 6.58 Å². The van der Waals surface area contributed by atoms with Gasteiger partial charge in [-0.3, -0.25) is 4.90 Å². The summed E-state index contributed by atoms with van der Waals surface area (Å²) in [6.45, 7) is 13.2. The molecular weight excluding hydrogens is 224 g/mol.